The van der Waals surface area contributed by atoms with E-state index in [2.05, 4.69) is 15.3 Å². The molecule has 8 nitrogen and oxygen atoms in total. The van der Waals surface area contributed by atoms with E-state index in [0.29, 0.717) is 22.9 Å². The van der Waals surface area contributed by atoms with E-state index in [1.165, 1.54) is 19.5 Å². The summed E-state index contributed by atoms with van der Waals surface area (Å²) in [5.74, 6) is 0.186. The molecule has 0 saturated carbocycles. The van der Waals surface area contributed by atoms with Crippen LogP contribution in [0.2, 0.25) is 0 Å². The molecule has 0 saturated heterocycles. The smallest absolute Gasteiger partial charge is 0.340 e. The zero-order chi connectivity index (χ0) is 20.9. The highest BCUT2D eigenvalue weighted by Crippen LogP contribution is 2.24. The number of carbonyl (C=O) groups is 2. The molecular formula is C22H18N4O4. The first-order valence-corrected chi connectivity index (χ1v) is 9.14. The van der Waals surface area contributed by atoms with Crippen molar-refractivity contribution in [2.24, 2.45) is 0 Å². The number of ether oxygens (including phenoxy) is 2. The van der Waals surface area contributed by atoms with Gasteiger partial charge in [0.25, 0.3) is 0 Å². The van der Waals surface area contributed by atoms with Gasteiger partial charge in [0.05, 0.1) is 18.9 Å². The summed E-state index contributed by atoms with van der Waals surface area (Å²) in [6.07, 6.45) is 6.22. The second-order valence-electron chi connectivity index (χ2n) is 6.40. The Morgan fingerprint density at radius 1 is 1.10 bits per heavy atom. The second-order valence-corrected chi connectivity index (χ2v) is 6.40. The Morgan fingerprint density at radius 3 is 2.77 bits per heavy atom. The summed E-state index contributed by atoms with van der Waals surface area (Å²) in [6, 6.07) is 14.3. The summed E-state index contributed by atoms with van der Waals surface area (Å²) in [6.45, 7) is 0.0345. The van der Waals surface area contributed by atoms with Crippen LogP contribution in [0.5, 0.6) is 11.6 Å². The van der Waals surface area contributed by atoms with Gasteiger partial charge in [-0.3, -0.25) is 9.78 Å². The number of anilines is 1. The number of para-hydroxylation sites is 1. The number of methoxy groups -OCH3 is 1. The van der Waals surface area contributed by atoms with Crippen LogP contribution in [-0.4, -0.2) is 33.5 Å². The number of nitrogens with one attached hydrogen (secondary N) is 1. The number of benzene rings is 2. The lowest BCUT2D eigenvalue weighted by molar-refractivity contribution is -0.116. The molecule has 2 aromatic carbocycles. The van der Waals surface area contributed by atoms with Gasteiger partial charge in [-0.15, -0.1) is 0 Å². The van der Waals surface area contributed by atoms with Gasteiger partial charge in [-0.05, 0) is 18.2 Å². The van der Waals surface area contributed by atoms with Crippen LogP contribution >= 0.6 is 0 Å². The van der Waals surface area contributed by atoms with Gasteiger partial charge >= 0.3 is 5.97 Å². The molecule has 30 heavy (non-hydrogen) atoms. The van der Waals surface area contributed by atoms with Gasteiger partial charge in [-0.1, -0.05) is 24.3 Å². The van der Waals surface area contributed by atoms with Gasteiger partial charge in [0.15, 0.2) is 0 Å². The SMILES string of the molecule is COC(=O)c1cn(CC(=O)Nc2cccc(Oc3cnccn3)c2)c2ccccc12. The van der Waals surface area contributed by atoms with Crippen molar-refractivity contribution in [3.63, 3.8) is 0 Å². The molecule has 0 fully saturated rings. The third kappa shape index (κ3) is 4.12. The molecule has 2 heterocycles. The molecule has 8 heteroatoms. The number of nitrogens with zero attached hydrogens (tertiary/aromatic N) is 3. The van der Waals surface area contributed by atoms with E-state index in [4.69, 9.17) is 9.47 Å². The predicted molar refractivity (Wildman–Crippen MR) is 110 cm³/mol. The normalized spacial score (nSPS) is 10.6. The lowest BCUT2D eigenvalue weighted by Crippen LogP contribution is -2.18. The number of amides is 1. The molecule has 1 N–H and O–H groups in total. The number of carbonyl (C=O) groups excluding carboxylic acids is 2. The average Bonchev–Trinajstić information content (AvgIpc) is 3.12. The summed E-state index contributed by atoms with van der Waals surface area (Å²) in [5, 5.41) is 3.57. The fourth-order valence-corrected chi connectivity index (χ4v) is 3.10. The predicted octanol–water partition coefficient (Wildman–Crippen LogP) is 3.65. The third-order valence-electron chi connectivity index (χ3n) is 4.39. The molecule has 4 rings (SSSR count). The Kier molecular flexibility index (Phi) is 5.38. The summed E-state index contributed by atoms with van der Waals surface area (Å²) >= 11 is 0. The van der Waals surface area contributed by atoms with Crippen molar-refractivity contribution in [3.8, 4) is 11.6 Å². The standard InChI is InChI=1S/C22H18N4O4/c1-29-22(28)18-13-26(19-8-3-2-7-17(18)19)14-20(27)25-15-5-4-6-16(11-15)30-21-12-23-9-10-24-21/h2-13H,14H2,1H3,(H,25,27). The fourth-order valence-electron chi connectivity index (χ4n) is 3.10. The van der Waals surface area contributed by atoms with E-state index in [9.17, 15) is 9.59 Å². The molecule has 0 aliphatic heterocycles. The lowest BCUT2D eigenvalue weighted by Gasteiger charge is -2.09. The molecule has 0 aliphatic carbocycles. The van der Waals surface area contributed by atoms with Crippen molar-refractivity contribution in [2.45, 2.75) is 6.54 Å². The Hall–Kier alpha value is -4.20. The molecule has 0 bridgehead atoms. The largest absolute Gasteiger partial charge is 0.465 e. The van der Waals surface area contributed by atoms with E-state index >= 15 is 0 Å². The van der Waals surface area contributed by atoms with E-state index in [-0.39, 0.29) is 12.5 Å². The average molecular weight is 402 g/mol. The van der Waals surface area contributed by atoms with Crippen LogP contribution in [-0.2, 0) is 16.1 Å². The molecule has 0 unspecified atom stereocenters. The highest BCUT2D eigenvalue weighted by Gasteiger charge is 2.16. The minimum absolute atomic E-state index is 0.0345. The Bertz CT molecular complexity index is 1200. The number of hydrogen-bond donors (Lipinski definition) is 1. The number of aromatic nitrogens is 3. The van der Waals surface area contributed by atoms with Crippen LogP contribution in [0.25, 0.3) is 10.9 Å². The van der Waals surface area contributed by atoms with Gasteiger partial charge in [-0.2, -0.15) is 0 Å². The quantitative estimate of drug-likeness (QED) is 0.495. The molecule has 4 aromatic rings. The zero-order valence-corrected chi connectivity index (χ0v) is 16.1. The van der Waals surface area contributed by atoms with E-state index in [1.807, 2.05) is 24.3 Å². The Labute approximate surface area is 172 Å². The van der Waals surface area contributed by atoms with Crippen molar-refractivity contribution in [2.75, 3.05) is 12.4 Å². The van der Waals surface area contributed by atoms with Gasteiger partial charge in [-0.25, -0.2) is 9.78 Å². The molecule has 1 amide bonds. The summed E-state index contributed by atoms with van der Waals surface area (Å²) in [7, 11) is 1.33. The number of hydrogen-bond acceptors (Lipinski definition) is 6. The summed E-state index contributed by atoms with van der Waals surface area (Å²) in [4.78, 5) is 32.7. The molecule has 0 atom stereocenters. The van der Waals surface area contributed by atoms with Crippen molar-refractivity contribution in [1.29, 1.82) is 0 Å². The van der Waals surface area contributed by atoms with Gasteiger partial charge < -0.3 is 19.4 Å². The fraction of sp³-hybridized carbons (Fsp3) is 0.0909. The number of esters is 1. The Balaban J connectivity index is 1.50. The van der Waals surface area contributed by atoms with Gasteiger partial charge in [0.1, 0.15) is 12.3 Å². The topological polar surface area (TPSA) is 95.3 Å². The summed E-state index contributed by atoms with van der Waals surface area (Å²) in [5.41, 5.74) is 1.76. The second kappa shape index (κ2) is 8.44. The van der Waals surface area contributed by atoms with Crippen LogP contribution in [0.1, 0.15) is 10.4 Å². The first-order chi connectivity index (χ1) is 14.6. The molecule has 150 valence electrons. The maximum Gasteiger partial charge on any atom is 0.340 e. The van der Waals surface area contributed by atoms with Crippen LogP contribution < -0.4 is 10.1 Å². The lowest BCUT2D eigenvalue weighted by atomic mass is 10.2. The zero-order valence-electron chi connectivity index (χ0n) is 16.1. The van der Waals surface area contributed by atoms with Crippen LogP contribution in [0, 0.1) is 0 Å². The van der Waals surface area contributed by atoms with E-state index in [0.717, 1.165) is 10.9 Å². The third-order valence-corrected chi connectivity index (χ3v) is 4.39. The van der Waals surface area contributed by atoms with Crippen LogP contribution in [0.15, 0.2) is 73.3 Å². The first-order valence-electron chi connectivity index (χ1n) is 9.14. The van der Waals surface area contributed by atoms with Crippen molar-refractivity contribution >= 4 is 28.5 Å². The molecule has 0 spiro atoms. The summed E-state index contributed by atoms with van der Waals surface area (Å²) < 4.78 is 12.2. The first kappa shape index (κ1) is 19.1. The van der Waals surface area contributed by atoms with Crippen molar-refractivity contribution < 1.29 is 19.1 Å². The van der Waals surface area contributed by atoms with Crippen LogP contribution in [0.3, 0.4) is 0 Å². The van der Waals surface area contributed by atoms with E-state index in [1.54, 1.807) is 41.2 Å². The highest BCUT2D eigenvalue weighted by atomic mass is 16.5. The number of rotatable bonds is 6. The highest BCUT2D eigenvalue weighted by molar-refractivity contribution is 6.05. The molecule has 0 aliphatic rings. The van der Waals surface area contributed by atoms with Crippen molar-refractivity contribution in [3.05, 3.63) is 78.9 Å². The monoisotopic (exact) mass is 402 g/mol. The van der Waals surface area contributed by atoms with Crippen molar-refractivity contribution in [1.82, 2.24) is 14.5 Å². The van der Waals surface area contributed by atoms with Crippen LogP contribution in [0.4, 0.5) is 5.69 Å². The Morgan fingerprint density at radius 2 is 1.97 bits per heavy atom. The minimum atomic E-state index is -0.445. The number of fused-ring (bicyclic) bond motifs is 1. The van der Waals surface area contributed by atoms with Gasteiger partial charge in [0, 0.05) is 41.2 Å². The van der Waals surface area contributed by atoms with Gasteiger partial charge in [0.2, 0.25) is 11.8 Å². The maximum absolute atomic E-state index is 12.6. The molecule has 0 radical (unpaired) electrons. The van der Waals surface area contributed by atoms with E-state index < -0.39 is 5.97 Å². The molecular weight excluding hydrogens is 384 g/mol. The molecule has 2 aromatic heterocycles. The maximum atomic E-state index is 12.6. The minimum Gasteiger partial charge on any atom is -0.465 e.